The summed E-state index contributed by atoms with van der Waals surface area (Å²) in [6, 6.07) is 3.36. The lowest BCUT2D eigenvalue weighted by molar-refractivity contribution is -0.121. The first-order valence-electron chi connectivity index (χ1n) is 9.33. The van der Waals surface area contributed by atoms with Crippen molar-refractivity contribution in [2.45, 2.75) is 50.6 Å². The Morgan fingerprint density at radius 3 is 2.40 bits per heavy atom. The molecule has 0 saturated heterocycles. The highest BCUT2D eigenvalue weighted by atomic mass is 16.3. The van der Waals surface area contributed by atoms with Crippen LogP contribution in [0.25, 0.3) is 0 Å². The van der Waals surface area contributed by atoms with Crippen molar-refractivity contribution in [3.05, 3.63) is 24.2 Å². The molecule has 0 spiro atoms. The fourth-order valence-electron chi connectivity index (χ4n) is 5.67. The van der Waals surface area contributed by atoms with E-state index in [-0.39, 0.29) is 24.0 Å². The number of nitrogens with one attached hydrogen (secondary N) is 2. The molecule has 1 heterocycles. The second-order valence-corrected chi connectivity index (χ2v) is 8.45. The van der Waals surface area contributed by atoms with Crippen LogP contribution in [0.15, 0.2) is 22.8 Å². The van der Waals surface area contributed by atoms with E-state index in [1.165, 1.54) is 19.3 Å². The predicted octanol–water partition coefficient (Wildman–Crippen LogP) is 2.51. The molecule has 4 aliphatic rings. The average molecular weight is 345 g/mol. The van der Waals surface area contributed by atoms with Gasteiger partial charge < -0.3 is 9.73 Å². The van der Waals surface area contributed by atoms with Crippen LogP contribution in [0.2, 0.25) is 0 Å². The summed E-state index contributed by atoms with van der Waals surface area (Å²) in [5, 5.41) is 5.67. The molecular weight excluding hydrogens is 318 g/mol. The van der Waals surface area contributed by atoms with Gasteiger partial charge in [0.1, 0.15) is 5.76 Å². The van der Waals surface area contributed by atoms with Gasteiger partial charge in [0.05, 0.1) is 19.4 Å². The molecule has 0 radical (unpaired) electrons. The topological polar surface area (TPSA) is 74.6 Å². The SMILES string of the molecule is CN(CC(=O)NC(=O)NC12CC3CC(CC(C3)C1)C2)Cc1ccco1. The van der Waals surface area contributed by atoms with Crippen molar-refractivity contribution in [1.29, 1.82) is 0 Å². The molecule has 6 heteroatoms. The Labute approximate surface area is 148 Å². The molecule has 4 fully saturated rings. The number of rotatable bonds is 5. The third-order valence-corrected chi connectivity index (χ3v) is 6.09. The normalized spacial score (nSPS) is 32.8. The minimum Gasteiger partial charge on any atom is -0.468 e. The zero-order valence-corrected chi connectivity index (χ0v) is 14.8. The van der Waals surface area contributed by atoms with Crippen molar-refractivity contribution in [2.75, 3.05) is 13.6 Å². The number of carbonyl (C=O) groups excluding carboxylic acids is 2. The van der Waals surface area contributed by atoms with Crippen LogP contribution in [0.5, 0.6) is 0 Å². The van der Waals surface area contributed by atoms with Crippen LogP contribution in [0.3, 0.4) is 0 Å². The number of hydrogen-bond acceptors (Lipinski definition) is 4. The first-order valence-corrected chi connectivity index (χ1v) is 9.33. The van der Waals surface area contributed by atoms with E-state index in [1.807, 2.05) is 24.1 Å². The first kappa shape index (κ1) is 16.6. The van der Waals surface area contributed by atoms with Gasteiger partial charge in [0, 0.05) is 5.54 Å². The van der Waals surface area contributed by atoms with Gasteiger partial charge in [-0.05, 0) is 75.5 Å². The zero-order valence-electron chi connectivity index (χ0n) is 14.8. The van der Waals surface area contributed by atoms with E-state index in [0.717, 1.165) is 42.8 Å². The van der Waals surface area contributed by atoms with Gasteiger partial charge in [0.2, 0.25) is 5.91 Å². The first-order chi connectivity index (χ1) is 12.0. The summed E-state index contributed by atoms with van der Waals surface area (Å²) in [6.07, 6.45) is 8.86. The molecule has 4 saturated carbocycles. The molecule has 25 heavy (non-hydrogen) atoms. The van der Waals surface area contributed by atoms with Crippen LogP contribution in [0.4, 0.5) is 4.79 Å². The van der Waals surface area contributed by atoms with E-state index >= 15 is 0 Å². The number of hydrogen-bond donors (Lipinski definition) is 2. The Balaban J connectivity index is 1.26. The largest absolute Gasteiger partial charge is 0.468 e. The lowest BCUT2D eigenvalue weighted by Gasteiger charge is -2.56. The van der Waals surface area contributed by atoms with Crippen molar-refractivity contribution >= 4 is 11.9 Å². The summed E-state index contributed by atoms with van der Waals surface area (Å²) in [5.74, 6) is 2.81. The van der Waals surface area contributed by atoms with Crippen LogP contribution >= 0.6 is 0 Å². The van der Waals surface area contributed by atoms with Crippen molar-refractivity contribution in [1.82, 2.24) is 15.5 Å². The van der Waals surface area contributed by atoms with E-state index in [2.05, 4.69) is 10.6 Å². The maximum absolute atomic E-state index is 12.4. The van der Waals surface area contributed by atoms with Crippen molar-refractivity contribution in [3.8, 4) is 0 Å². The van der Waals surface area contributed by atoms with E-state index < -0.39 is 0 Å². The predicted molar refractivity (Wildman–Crippen MR) is 92.6 cm³/mol. The molecule has 136 valence electrons. The smallest absolute Gasteiger partial charge is 0.321 e. The highest BCUT2D eigenvalue weighted by Crippen LogP contribution is 2.55. The molecule has 6 nitrogen and oxygen atoms in total. The summed E-state index contributed by atoms with van der Waals surface area (Å²) in [4.78, 5) is 26.3. The van der Waals surface area contributed by atoms with Crippen molar-refractivity contribution in [2.24, 2.45) is 17.8 Å². The summed E-state index contributed by atoms with van der Waals surface area (Å²) in [5.41, 5.74) is -0.0703. The van der Waals surface area contributed by atoms with E-state index in [1.54, 1.807) is 6.26 Å². The van der Waals surface area contributed by atoms with Crippen LogP contribution in [0, 0.1) is 17.8 Å². The molecule has 1 aromatic heterocycles. The van der Waals surface area contributed by atoms with Gasteiger partial charge in [-0.15, -0.1) is 0 Å². The molecule has 0 atom stereocenters. The Morgan fingerprint density at radius 2 is 1.84 bits per heavy atom. The van der Waals surface area contributed by atoms with Gasteiger partial charge >= 0.3 is 6.03 Å². The monoisotopic (exact) mass is 345 g/mol. The number of furan rings is 1. The molecule has 0 unspecified atom stereocenters. The van der Waals surface area contributed by atoms with Gasteiger partial charge in [-0.1, -0.05) is 0 Å². The van der Waals surface area contributed by atoms with Gasteiger partial charge in [-0.3, -0.25) is 15.0 Å². The Kier molecular flexibility index (Phi) is 4.31. The van der Waals surface area contributed by atoms with Gasteiger partial charge in [0.15, 0.2) is 0 Å². The Hall–Kier alpha value is -1.82. The van der Waals surface area contributed by atoms with Gasteiger partial charge in [0.25, 0.3) is 0 Å². The average Bonchev–Trinajstić information content (AvgIpc) is 2.97. The fraction of sp³-hybridized carbons (Fsp3) is 0.684. The van der Waals surface area contributed by atoms with Gasteiger partial charge in [-0.2, -0.15) is 0 Å². The van der Waals surface area contributed by atoms with Crippen molar-refractivity contribution in [3.63, 3.8) is 0 Å². The maximum atomic E-state index is 12.4. The molecule has 3 amide bonds. The van der Waals surface area contributed by atoms with E-state index in [9.17, 15) is 9.59 Å². The van der Waals surface area contributed by atoms with Crippen LogP contribution in [-0.4, -0.2) is 36.0 Å². The fourth-order valence-corrected chi connectivity index (χ4v) is 5.67. The third kappa shape index (κ3) is 3.73. The quantitative estimate of drug-likeness (QED) is 0.860. The molecule has 4 aliphatic carbocycles. The number of imide groups is 1. The minimum atomic E-state index is -0.335. The summed E-state index contributed by atoms with van der Waals surface area (Å²) in [6.45, 7) is 0.700. The minimum absolute atomic E-state index is 0.0703. The molecule has 2 N–H and O–H groups in total. The van der Waals surface area contributed by atoms with E-state index in [4.69, 9.17) is 4.42 Å². The van der Waals surface area contributed by atoms with Crippen molar-refractivity contribution < 1.29 is 14.0 Å². The van der Waals surface area contributed by atoms with E-state index in [0.29, 0.717) is 6.54 Å². The highest BCUT2D eigenvalue weighted by molar-refractivity contribution is 5.95. The number of amides is 3. The standard InChI is InChI=1S/C19H27N3O3/c1-22(11-16-3-2-4-25-16)12-17(23)20-18(24)21-19-8-13-5-14(9-19)7-15(6-13)10-19/h2-4,13-15H,5-12H2,1H3,(H2,20,21,23,24). The molecule has 0 aliphatic heterocycles. The number of carbonyl (C=O) groups is 2. The highest BCUT2D eigenvalue weighted by Gasteiger charge is 2.51. The maximum Gasteiger partial charge on any atom is 0.321 e. The Morgan fingerprint density at radius 1 is 1.20 bits per heavy atom. The number of nitrogens with zero attached hydrogens (tertiary/aromatic N) is 1. The zero-order chi connectivity index (χ0) is 17.4. The second kappa shape index (κ2) is 6.48. The molecule has 5 rings (SSSR count). The molecular formula is C19H27N3O3. The lowest BCUT2D eigenvalue weighted by Crippen LogP contribution is -2.62. The summed E-state index contributed by atoms with van der Waals surface area (Å²) in [7, 11) is 1.83. The van der Waals surface area contributed by atoms with Crippen LogP contribution < -0.4 is 10.6 Å². The molecule has 4 bridgehead atoms. The number of urea groups is 1. The molecule has 1 aromatic rings. The molecule has 0 aromatic carbocycles. The third-order valence-electron chi connectivity index (χ3n) is 6.09. The second-order valence-electron chi connectivity index (χ2n) is 8.45. The summed E-state index contributed by atoms with van der Waals surface area (Å²) >= 11 is 0. The lowest BCUT2D eigenvalue weighted by atomic mass is 9.53. The van der Waals surface area contributed by atoms with Crippen LogP contribution in [0.1, 0.15) is 44.3 Å². The summed E-state index contributed by atoms with van der Waals surface area (Å²) < 4.78 is 5.27. The van der Waals surface area contributed by atoms with Crippen LogP contribution in [-0.2, 0) is 11.3 Å². The van der Waals surface area contributed by atoms with Gasteiger partial charge in [-0.25, -0.2) is 4.79 Å². The number of likely N-dealkylation sites (N-methyl/N-ethyl adjacent to an activating group) is 1. The Bertz CT molecular complexity index is 605.